The van der Waals surface area contributed by atoms with Gasteiger partial charge in [-0.1, -0.05) is 59.6 Å². The van der Waals surface area contributed by atoms with Crippen LogP contribution in [-0.2, 0) is 27.5 Å². The summed E-state index contributed by atoms with van der Waals surface area (Å²) in [5.41, 5.74) is 0.764. The van der Waals surface area contributed by atoms with Gasteiger partial charge in [-0.05, 0) is 47.5 Å². The highest BCUT2D eigenvalue weighted by atomic mass is 35.5. The molecule has 0 saturated carbocycles. The van der Waals surface area contributed by atoms with Crippen LogP contribution >= 0.6 is 23.2 Å². The molecule has 0 spiro atoms. The molecule has 1 atom stereocenters. The Morgan fingerprint density at radius 3 is 2.08 bits per heavy atom. The standard InChI is InChI=1S/C26H25Cl2F3N2O3S/c27-22-11-7-20(8-12-22)24(36-18-19-5-9-21(10-6-19)26(29,30)31)17-32-13-15-33(16-14-32)37(34,35)25-4-2-1-3-23(25)28/h1-12,24H,13-18H2/t24-/m0/s1. The summed E-state index contributed by atoms with van der Waals surface area (Å²) in [6.45, 7) is 2.14. The van der Waals surface area contributed by atoms with E-state index in [-0.39, 0.29) is 16.5 Å². The number of nitrogens with zero attached hydrogens (tertiary/aromatic N) is 2. The number of halogens is 5. The largest absolute Gasteiger partial charge is 0.416 e. The van der Waals surface area contributed by atoms with Crippen LogP contribution in [0.15, 0.2) is 77.7 Å². The maximum atomic E-state index is 13.1. The third-order valence-electron chi connectivity index (χ3n) is 6.18. The highest BCUT2D eigenvalue weighted by molar-refractivity contribution is 7.89. The molecule has 0 bridgehead atoms. The van der Waals surface area contributed by atoms with Gasteiger partial charge in [0.1, 0.15) is 4.90 Å². The van der Waals surface area contributed by atoms with E-state index in [0.717, 1.165) is 17.7 Å². The van der Waals surface area contributed by atoms with E-state index < -0.39 is 27.9 Å². The van der Waals surface area contributed by atoms with E-state index in [1.54, 1.807) is 30.3 Å². The fourth-order valence-electron chi connectivity index (χ4n) is 4.10. The Morgan fingerprint density at radius 1 is 0.865 bits per heavy atom. The maximum absolute atomic E-state index is 13.1. The number of rotatable bonds is 8. The SMILES string of the molecule is O=S(=O)(c1ccccc1Cl)N1CCN(C[C@H](OCc2ccc(C(F)(F)F)cc2)c2ccc(Cl)cc2)CC1. The number of piperazine rings is 1. The smallest absolute Gasteiger partial charge is 0.368 e. The number of sulfonamides is 1. The zero-order valence-electron chi connectivity index (χ0n) is 19.7. The van der Waals surface area contributed by atoms with Crippen molar-refractivity contribution in [1.82, 2.24) is 9.21 Å². The summed E-state index contributed by atoms with van der Waals surface area (Å²) in [7, 11) is -3.71. The van der Waals surface area contributed by atoms with Crippen molar-refractivity contribution >= 4 is 33.2 Å². The zero-order valence-corrected chi connectivity index (χ0v) is 22.0. The van der Waals surface area contributed by atoms with E-state index in [9.17, 15) is 21.6 Å². The Morgan fingerprint density at radius 2 is 1.49 bits per heavy atom. The first-order chi connectivity index (χ1) is 17.5. The fourth-order valence-corrected chi connectivity index (χ4v) is 6.14. The molecule has 4 rings (SSSR count). The summed E-state index contributed by atoms with van der Waals surface area (Å²) < 4.78 is 72.3. The van der Waals surface area contributed by atoms with Gasteiger partial charge in [0.25, 0.3) is 0 Å². The molecule has 3 aromatic carbocycles. The number of alkyl halides is 3. The highest BCUT2D eigenvalue weighted by Crippen LogP contribution is 2.30. The van der Waals surface area contributed by atoms with Gasteiger partial charge in [0.2, 0.25) is 10.0 Å². The Bertz CT molecular complexity index is 1300. The number of ether oxygens (including phenoxy) is 1. The van der Waals surface area contributed by atoms with Gasteiger partial charge >= 0.3 is 6.18 Å². The minimum Gasteiger partial charge on any atom is -0.368 e. The maximum Gasteiger partial charge on any atom is 0.416 e. The molecule has 1 aliphatic heterocycles. The molecule has 1 saturated heterocycles. The molecule has 5 nitrogen and oxygen atoms in total. The van der Waals surface area contributed by atoms with Crippen molar-refractivity contribution in [3.05, 3.63) is 99.5 Å². The first-order valence-corrected chi connectivity index (χ1v) is 13.7. The van der Waals surface area contributed by atoms with E-state index >= 15 is 0 Å². The van der Waals surface area contributed by atoms with E-state index in [1.165, 1.54) is 22.5 Å². The Hall–Kier alpha value is -2.14. The van der Waals surface area contributed by atoms with Crippen molar-refractivity contribution in [3.63, 3.8) is 0 Å². The topological polar surface area (TPSA) is 49.9 Å². The van der Waals surface area contributed by atoms with Gasteiger partial charge in [0, 0.05) is 37.7 Å². The number of benzene rings is 3. The van der Waals surface area contributed by atoms with E-state index in [1.807, 2.05) is 12.1 Å². The molecule has 0 amide bonds. The molecule has 0 unspecified atom stereocenters. The van der Waals surface area contributed by atoms with E-state index in [0.29, 0.717) is 43.3 Å². The van der Waals surface area contributed by atoms with Gasteiger partial charge < -0.3 is 4.74 Å². The molecule has 0 aliphatic carbocycles. The Kier molecular flexibility index (Phi) is 8.83. The predicted octanol–water partition coefficient (Wildman–Crippen LogP) is 6.28. The highest BCUT2D eigenvalue weighted by Gasteiger charge is 2.31. The lowest BCUT2D eigenvalue weighted by Gasteiger charge is -2.36. The van der Waals surface area contributed by atoms with Crippen molar-refractivity contribution in [2.75, 3.05) is 32.7 Å². The minimum absolute atomic E-state index is 0.0871. The summed E-state index contributed by atoms with van der Waals surface area (Å²) in [5, 5.41) is 0.757. The van der Waals surface area contributed by atoms with Crippen LogP contribution in [0.4, 0.5) is 13.2 Å². The van der Waals surface area contributed by atoms with Gasteiger partial charge in [-0.25, -0.2) is 8.42 Å². The first-order valence-electron chi connectivity index (χ1n) is 11.5. The van der Waals surface area contributed by atoms with Crippen LogP contribution in [0.25, 0.3) is 0 Å². The second kappa shape index (κ2) is 11.7. The molecule has 1 fully saturated rings. The van der Waals surface area contributed by atoms with Crippen LogP contribution in [0, 0.1) is 0 Å². The molecular formula is C26H25Cl2F3N2O3S. The molecule has 0 N–H and O–H groups in total. The Labute approximate surface area is 224 Å². The van der Waals surface area contributed by atoms with E-state index in [4.69, 9.17) is 27.9 Å². The van der Waals surface area contributed by atoms with E-state index in [2.05, 4.69) is 4.90 Å². The average molecular weight is 573 g/mol. The third kappa shape index (κ3) is 7.04. The molecular weight excluding hydrogens is 548 g/mol. The molecule has 37 heavy (non-hydrogen) atoms. The van der Waals surface area contributed by atoms with Crippen LogP contribution in [0.5, 0.6) is 0 Å². The third-order valence-corrected chi connectivity index (χ3v) is 8.83. The summed E-state index contributed by atoms with van der Waals surface area (Å²) >= 11 is 12.2. The van der Waals surface area contributed by atoms with Crippen LogP contribution in [0.3, 0.4) is 0 Å². The van der Waals surface area contributed by atoms with Gasteiger partial charge in [-0.2, -0.15) is 17.5 Å². The summed E-state index contributed by atoms with van der Waals surface area (Å²) in [4.78, 5) is 2.19. The molecule has 198 valence electrons. The summed E-state index contributed by atoms with van der Waals surface area (Å²) in [6, 6.07) is 18.4. The first kappa shape index (κ1) is 27.9. The van der Waals surface area contributed by atoms with Gasteiger partial charge in [-0.3, -0.25) is 4.90 Å². The lowest BCUT2D eigenvalue weighted by Crippen LogP contribution is -2.49. The molecule has 3 aromatic rings. The Balaban J connectivity index is 1.42. The molecule has 0 radical (unpaired) electrons. The molecule has 1 aliphatic rings. The van der Waals surface area contributed by atoms with Crippen molar-refractivity contribution < 1.29 is 26.3 Å². The number of hydrogen-bond donors (Lipinski definition) is 0. The van der Waals surface area contributed by atoms with Crippen LogP contribution < -0.4 is 0 Å². The monoisotopic (exact) mass is 572 g/mol. The zero-order chi connectivity index (χ0) is 26.6. The van der Waals surface area contributed by atoms with Gasteiger partial charge in [0.05, 0.1) is 23.3 Å². The summed E-state index contributed by atoms with van der Waals surface area (Å²) in [6.07, 6.45) is -4.79. The summed E-state index contributed by atoms with van der Waals surface area (Å²) in [5.74, 6) is 0. The second-order valence-corrected chi connectivity index (χ2v) is 11.4. The van der Waals surface area contributed by atoms with Crippen molar-refractivity contribution in [2.45, 2.75) is 23.8 Å². The minimum atomic E-state index is -4.40. The molecule has 1 heterocycles. The van der Waals surface area contributed by atoms with Gasteiger partial charge in [-0.15, -0.1) is 0 Å². The van der Waals surface area contributed by atoms with Crippen molar-refractivity contribution in [2.24, 2.45) is 0 Å². The quantitative estimate of drug-likeness (QED) is 0.319. The average Bonchev–Trinajstić information content (AvgIpc) is 2.87. The fraction of sp³-hybridized carbons (Fsp3) is 0.308. The lowest BCUT2D eigenvalue weighted by atomic mass is 10.1. The molecule has 11 heteroatoms. The van der Waals surface area contributed by atoms with Crippen molar-refractivity contribution in [1.29, 1.82) is 0 Å². The van der Waals surface area contributed by atoms with Crippen LogP contribution in [0.1, 0.15) is 22.8 Å². The second-order valence-electron chi connectivity index (χ2n) is 8.68. The lowest BCUT2D eigenvalue weighted by molar-refractivity contribution is -0.137. The van der Waals surface area contributed by atoms with Crippen molar-refractivity contribution in [3.8, 4) is 0 Å². The number of hydrogen-bond acceptors (Lipinski definition) is 4. The van der Waals surface area contributed by atoms with Gasteiger partial charge in [0.15, 0.2) is 0 Å². The van der Waals surface area contributed by atoms with Crippen LogP contribution in [-0.4, -0.2) is 50.3 Å². The normalized spacial score (nSPS) is 16.6. The van der Waals surface area contributed by atoms with Crippen LogP contribution in [0.2, 0.25) is 10.0 Å². The molecule has 0 aromatic heterocycles. The predicted molar refractivity (Wildman–Crippen MR) is 137 cm³/mol.